The van der Waals surface area contributed by atoms with Crippen LogP contribution in [0.2, 0.25) is 0 Å². The van der Waals surface area contributed by atoms with Crippen LogP contribution in [-0.4, -0.2) is 47.8 Å². The molecule has 0 atom stereocenters. The van der Waals surface area contributed by atoms with Crippen molar-refractivity contribution in [1.82, 2.24) is 4.90 Å². The van der Waals surface area contributed by atoms with Gasteiger partial charge in [0.05, 0.1) is 4.92 Å². The molecule has 1 saturated heterocycles. The Kier molecular flexibility index (Phi) is 7.81. The van der Waals surface area contributed by atoms with Gasteiger partial charge in [-0.25, -0.2) is 0 Å². The van der Waals surface area contributed by atoms with Crippen LogP contribution in [0, 0.1) is 10.1 Å². The van der Waals surface area contributed by atoms with Gasteiger partial charge in [-0.3, -0.25) is 19.7 Å². The third-order valence-corrected chi connectivity index (χ3v) is 5.78. The number of anilines is 2. The smallest absolute Gasteiger partial charge is 0.293 e. The summed E-state index contributed by atoms with van der Waals surface area (Å²) in [4.78, 5) is 39.1. The first-order valence-corrected chi connectivity index (χ1v) is 11.1. The highest BCUT2D eigenvalue weighted by Gasteiger charge is 2.25. The molecule has 8 heteroatoms. The van der Waals surface area contributed by atoms with E-state index < -0.39 is 4.92 Å². The number of rotatable bonds is 8. The van der Waals surface area contributed by atoms with E-state index in [1.54, 1.807) is 17.0 Å². The predicted molar refractivity (Wildman–Crippen MR) is 125 cm³/mol. The van der Waals surface area contributed by atoms with Crippen LogP contribution in [-0.2, 0) is 11.2 Å². The molecule has 8 nitrogen and oxygen atoms in total. The summed E-state index contributed by atoms with van der Waals surface area (Å²) in [6.07, 6.45) is 4.52. The molecule has 32 heavy (non-hydrogen) atoms. The number of nitrogens with zero attached hydrogens (tertiary/aromatic N) is 3. The average Bonchev–Trinajstić information content (AvgIpc) is 2.80. The van der Waals surface area contributed by atoms with Crippen LogP contribution in [0.25, 0.3) is 0 Å². The number of carbonyl (C=O) groups is 2. The van der Waals surface area contributed by atoms with Crippen molar-refractivity contribution >= 4 is 28.9 Å². The summed E-state index contributed by atoms with van der Waals surface area (Å²) in [7, 11) is 0. The highest BCUT2D eigenvalue weighted by atomic mass is 16.6. The van der Waals surface area contributed by atoms with E-state index in [0.717, 1.165) is 12.8 Å². The van der Waals surface area contributed by atoms with Gasteiger partial charge in [-0.05, 0) is 42.7 Å². The zero-order valence-corrected chi connectivity index (χ0v) is 18.7. The maximum absolute atomic E-state index is 12.7. The van der Waals surface area contributed by atoms with Crippen LogP contribution in [0.3, 0.4) is 0 Å². The largest absolute Gasteiger partial charge is 0.362 e. The lowest BCUT2D eigenvalue weighted by Gasteiger charge is -2.35. The quantitative estimate of drug-likeness (QED) is 0.378. The van der Waals surface area contributed by atoms with Crippen LogP contribution in [0.1, 0.15) is 49.0 Å². The number of nitrogens with one attached hydrogen (secondary N) is 1. The van der Waals surface area contributed by atoms with E-state index in [4.69, 9.17) is 0 Å². The summed E-state index contributed by atoms with van der Waals surface area (Å²) in [5.41, 5.74) is 2.46. The summed E-state index contributed by atoms with van der Waals surface area (Å²) in [5.74, 6) is -0.389. The number of unbranched alkanes of at least 4 members (excludes halogenated alkanes) is 2. The molecule has 3 rings (SSSR count). The van der Waals surface area contributed by atoms with Gasteiger partial charge in [-0.2, -0.15) is 0 Å². The molecule has 1 fully saturated rings. The average molecular weight is 439 g/mol. The van der Waals surface area contributed by atoms with E-state index in [0.29, 0.717) is 37.6 Å². The van der Waals surface area contributed by atoms with Crippen molar-refractivity contribution in [2.24, 2.45) is 0 Å². The number of aryl methyl sites for hydroxylation is 1. The summed E-state index contributed by atoms with van der Waals surface area (Å²) >= 11 is 0. The predicted octanol–water partition coefficient (Wildman–Crippen LogP) is 4.25. The van der Waals surface area contributed by atoms with Gasteiger partial charge in [0.15, 0.2) is 0 Å². The fourth-order valence-corrected chi connectivity index (χ4v) is 3.88. The fourth-order valence-electron chi connectivity index (χ4n) is 3.88. The van der Waals surface area contributed by atoms with E-state index in [1.165, 1.54) is 31.4 Å². The van der Waals surface area contributed by atoms with Crippen LogP contribution >= 0.6 is 0 Å². The van der Waals surface area contributed by atoms with Crippen molar-refractivity contribution in [2.45, 2.75) is 39.5 Å². The van der Waals surface area contributed by atoms with Crippen molar-refractivity contribution in [2.75, 3.05) is 36.4 Å². The molecule has 0 bridgehead atoms. The van der Waals surface area contributed by atoms with Crippen LogP contribution in [0.4, 0.5) is 17.1 Å². The summed E-state index contributed by atoms with van der Waals surface area (Å²) < 4.78 is 0. The Balaban J connectivity index is 1.69. The van der Waals surface area contributed by atoms with Gasteiger partial charge < -0.3 is 15.1 Å². The Morgan fingerprint density at radius 1 is 1.03 bits per heavy atom. The third-order valence-electron chi connectivity index (χ3n) is 5.78. The number of hydrogen-bond donors (Lipinski definition) is 1. The summed E-state index contributed by atoms with van der Waals surface area (Å²) in [5, 5.41) is 14.5. The molecule has 1 aliphatic heterocycles. The Labute approximate surface area is 188 Å². The number of carbonyl (C=O) groups excluding carboxylic acids is 2. The molecule has 1 N–H and O–H groups in total. The van der Waals surface area contributed by atoms with Gasteiger partial charge >= 0.3 is 0 Å². The number of benzene rings is 2. The molecule has 0 saturated carbocycles. The fraction of sp³-hybridized carbons (Fsp3) is 0.417. The molecule has 0 unspecified atom stereocenters. The number of amides is 2. The SMILES string of the molecule is CCCCCc1ccc(NC(=O)c2ccc(N3CCN(C(C)=O)CC3)c([N+](=O)[O-])c2)cc1. The lowest BCUT2D eigenvalue weighted by Crippen LogP contribution is -2.48. The van der Waals surface area contributed by atoms with Gasteiger partial charge in [-0.1, -0.05) is 31.9 Å². The minimum absolute atomic E-state index is 0.000149. The molecular weight excluding hydrogens is 408 g/mol. The molecule has 0 spiro atoms. The number of nitro groups is 1. The highest BCUT2D eigenvalue weighted by Crippen LogP contribution is 2.30. The number of hydrogen-bond acceptors (Lipinski definition) is 5. The molecule has 0 aliphatic carbocycles. The monoisotopic (exact) mass is 438 g/mol. The topological polar surface area (TPSA) is 95.8 Å². The zero-order chi connectivity index (χ0) is 23.1. The van der Waals surface area contributed by atoms with Crippen LogP contribution in [0.15, 0.2) is 42.5 Å². The zero-order valence-electron chi connectivity index (χ0n) is 18.7. The molecule has 1 aliphatic rings. The molecule has 2 aromatic carbocycles. The van der Waals surface area contributed by atoms with Gasteiger partial charge in [0.1, 0.15) is 5.69 Å². The second kappa shape index (κ2) is 10.7. The van der Waals surface area contributed by atoms with Gasteiger partial charge in [0, 0.05) is 50.4 Å². The summed E-state index contributed by atoms with van der Waals surface area (Å²) in [6.45, 7) is 5.75. The van der Waals surface area contributed by atoms with Gasteiger partial charge in [0.2, 0.25) is 5.91 Å². The highest BCUT2D eigenvalue weighted by molar-refractivity contribution is 6.05. The van der Waals surface area contributed by atoms with Crippen molar-refractivity contribution in [1.29, 1.82) is 0 Å². The lowest BCUT2D eigenvalue weighted by molar-refractivity contribution is -0.384. The normalized spacial score (nSPS) is 13.7. The molecule has 1 heterocycles. The van der Waals surface area contributed by atoms with E-state index in [2.05, 4.69) is 12.2 Å². The van der Waals surface area contributed by atoms with Crippen molar-refractivity contribution < 1.29 is 14.5 Å². The Hall–Kier alpha value is -3.42. The molecular formula is C24H30N4O4. The molecule has 0 radical (unpaired) electrons. The second-order valence-corrected chi connectivity index (χ2v) is 8.06. The lowest BCUT2D eigenvalue weighted by atomic mass is 10.1. The number of nitro benzene ring substituents is 1. The first-order chi connectivity index (χ1) is 15.4. The maximum Gasteiger partial charge on any atom is 0.293 e. The molecule has 2 aromatic rings. The maximum atomic E-state index is 12.7. The van der Waals surface area contributed by atoms with E-state index in [-0.39, 0.29) is 23.1 Å². The molecule has 2 amide bonds. The molecule has 170 valence electrons. The summed E-state index contributed by atoms with van der Waals surface area (Å²) in [6, 6.07) is 12.3. The first-order valence-electron chi connectivity index (χ1n) is 11.1. The standard InChI is InChI=1S/C24H30N4O4/c1-3-4-5-6-19-7-10-21(11-8-19)25-24(30)20-9-12-22(23(17-20)28(31)32)27-15-13-26(14-16-27)18(2)29/h7-12,17H,3-6,13-16H2,1-2H3,(H,25,30). The van der Waals surface area contributed by atoms with E-state index >= 15 is 0 Å². The van der Waals surface area contributed by atoms with Crippen LogP contribution < -0.4 is 10.2 Å². The minimum Gasteiger partial charge on any atom is -0.362 e. The van der Waals surface area contributed by atoms with Crippen LogP contribution in [0.5, 0.6) is 0 Å². The Morgan fingerprint density at radius 3 is 2.31 bits per heavy atom. The Morgan fingerprint density at radius 2 is 1.72 bits per heavy atom. The van der Waals surface area contributed by atoms with E-state index in [1.807, 2.05) is 29.2 Å². The number of piperazine rings is 1. The van der Waals surface area contributed by atoms with Crippen molar-refractivity contribution in [3.05, 3.63) is 63.7 Å². The minimum atomic E-state index is -0.464. The van der Waals surface area contributed by atoms with Crippen molar-refractivity contribution in [3.8, 4) is 0 Å². The van der Waals surface area contributed by atoms with Gasteiger partial charge in [0.25, 0.3) is 11.6 Å². The second-order valence-electron chi connectivity index (χ2n) is 8.06. The van der Waals surface area contributed by atoms with Crippen molar-refractivity contribution in [3.63, 3.8) is 0 Å². The molecule has 0 aromatic heterocycles. The Bertz CT molecular complexity index is 966. The van der Waals surface area contributed by atoms with Gasteiger partial charge in [-0.15, -0.1) is 0 Å². The third kappa shape index (κ3) is 5.84. The van der Waals surface area contributed by atoms with E-state index in [9.17, 15) is 19.7 Å². The first kappa shape index (κ1) is 23.2.